The van der Waals surface area contributed by atoms with Crippen LogP contribution in [0.5, 0.6) is 0 Å². The van der Waals surface area contributed by atoms with Crippen molar-refractivity contribution in [3.8, 4) is 0 Å². The molecule has 0 aliphatic carbocycles. The highest BCUT2D eigenvalue weighted by Crippen LogP contribution is 2.29. The Morgan fingerprint density at radius 3 is 2.10 bits per heavy atom. The molecule has 0 saturated heterocycles. The van der Waals surface area contributed by atoms with Gasteiger partial charge in [-0.15, -0.1) is 0 Å². The average molecular weight is 343 g/mol. The zero-order valence-electron chi connectivity index (χ0n) is 10.5. The first kappa shape index (κ1) is 14.8. The van der Waals surface area contributed by atoms with Crippen LogP contribution in [-0.2, 0) is 6.18 Å². The minimum Gasteiger partial charge on any atom is -0.289 e. The normalized spacial score (nSPS) is 11.4. The molecule has 5 heteroatoms. The summed E-state index contributed by atoms with van der Waals surface area (Å²) in [6, 6.07) is 9.42. The number of aryl methyl sites for hydroxylation is 1. The number of benzene rings is 2. The molecule has 0 saturated carbocycles. The quantitative estimate of drug-likeness (QED) is 0.701. The van der Waals surface area contributed by atoms with Gasteiger partial charge in [0, 0.05) is 15.6 Å². The van der Waals surface area contributed by atoms with Gasteiger partial charge in [0.15, 0.2) is 5.78 Å². The van der Waals surface area contributed by atoms with Gasteiger partial charge in [-0.1, -0.05) is 28.1 Å². The van der Waals surface area contributed by atoms with Gasteiger partial charge < -0.3 is 0 Å². The van der Waals surface area contributed by atoms with Crippen molar-refractivity contribution < 1.29 is 18.0 Å². The Hall–Kier alpha value is -1.62. The van der Waals surface area contributed by atoms with Gasteiger partial charge in [0.05, 0.1) is 5.56 Å². The van der Waals surface area contributed by atoms with Crippen molar-refractivity contribution in [3.63, 3.8) is 0 Å². The van der Waals surface area contributed by atoms with E-state index in [1.54, 1.807) is 12.1 Å². The Balaban J connectivity index is 2.34. The summed E-state index contributed by atoms with van der Waals surface area (Å²) in [5, 5.41) is 0. The summed E-state index contributed by atoms with van der Waals surface area (Å²) in [5.41, 5.74) is 0.807. The van der Waals surface area contributed by atoms with Gasteiger partial charge in [-0.2, -0.15) is 13.2 Å². The molecule has 0 unspecified atom stereocenters. The third kappa shape index (κ3) is 3.28. The second-order valence-electron chi connectivity index (χ2n) is 4.42. The lowest BCUT2D eigenvalue weighted by Crippen LogP contribution is -2.06. The molecule has 0 fully saturated rings. The van der Waals surface area contributed by atoms with Crippen molar-refractivity contribution in [1.82, 2.24) is 0 Å². The van der Waals surface area contributed by atoms with Crippen molar-refractivity contribution >= 4 is 21.7 Å². The lowest BCUT2D eigenvalue weighted by molar-refractivity contribution is -0.137. The summed E-state index contributed by atoms with van der Waals surface area (Å²) in [6.45, 7) is 1.84. The number of ketones is 1. The van der Waals surface area contributed by atoms with Gasteiger partial charge in [-0.05, 0) is 42.8 Å². The van der Waals surface area contributed by atoms with E-state index >= 15 is 0 Å². The number of hydrogen-bond acceptors (Lipinski definition) is 1. The maximum atomic E-state index is 12.5. The van der Waals surface area contributed by atoms with E-state index in [1.807, 2.05) is 13.0 Å². The van der Waals surface area contributed by atoms with E-state index in [9.17, 15) is 18.0 Å². The van der Waals surface area contributed by atoms with E-state index in [0.717, 1.165) is 22.2 Å². The van der Waals surface area contributed by atoms with Gasteiger partial charge in [0.25, 0.3) is 0 Å². The third-order valence-corrected chi connectivity index (χ3v) is 3.24. The Morgan fingerprint density at radius 1 is 1.00 bits per heavy atom. The molecule has 2 rings (SSSR count). The smallest absolute Gasteiger partial charge is 0.289 e. The summed E-state index contributed by atoms with van der Waals surface area (Å²) in [7, 11) is 0. The Morgan fingerprint density at radius 2 is 1.60 bits per heavy atom. The molecule has 1 nitrogen and oxygen atoms in total. The molecule has 0 amide bonds. The molecule has 0 spiro atoms. The van der Waals surface area contributed by atoms with E-state index in [4.69, 9.17) is 0 Å². The molecule has 0 N–H and O–H groups in total. The fraction of sp³-hybridized carbons (Fsp3) is 0.133. The molecular weight excluding hydrogens is 333 g/mol. The van der Waals surface area contributed by atoms with Crippen molar-refractivity contribution in [2.45, 2.75) is 13.1 Å². The topological polar surface area (TPSA) is 17.1 Å². The monoisotopic (exact) mass is 342 g/mol. The highest BCUT2D eigenvalue weighted by Gasteiger charge is 2.30. The Labute approximate surface area is 122 Å². The first-order valence-electron chi connectivity index (χ1n) is 5.76. The number of carbonyl (C=O) groups excluding carboxylic acids is 1. The van der Waals surface area contributed by atoms with Crippen LogP contribution in [0.1, 0.15) is 27.0 Å². The largest absolute Gasteiger partial charge is 0.416 e. The van der Waals surface area contributed by atoms with Crippen LogP contribution in [0, 0.1) is 6.92 Å². The number of rotatable bonds is 2. The molecular formula is C15H10BrF3O. The average Bonchev–Trinajstić information content (AvgIpc) is 2.36. The molecule has 0 aliphatic rings. The maximum absolute atomic E-state index is 12.5. The van der Waals surface area contributed by atoms with Crippen LogP contribution >= 0.6 is 15.9 Å². The number of halogens is 4. The summed E-state index contributed by atoms with van der Waals surface area (Å²) in [6.07, 6.45) is -4.39. The fourth-order valence-corrected chi connectivity index (χ4v) is 2.45. The first-order valence-corrected chi connectivity index (χ1v) is 6.56. The minimum absolute atomic E-state index is 0.232. The van der Waals surface area contributed by atoms with Crippen LogP contribution in [-0.4, -0.2) is 5.78 Å². The Bertz CT molecular complexity index is 625. The van der Waals surface area contributed by atoms with E-state index in [1.165, 1.54) is 12.1 Å². The van der Waals surface area contributed by atoms with Crippen LogP contribution in [0.15, 0.2) is 46.9 Å². The zero-order chi connectivity index (χ0) is 14.9. The Kier molecular flexibility index (Phi) is 3.99. The van der Waals surface area contributed by atoms with Crippen LogP contribution in [0.3, 0.4) is 0 Å². The minimum atomic E-state index is -4.39. The summed E-state index contributed by atoms with van der Waals surface area (Å²) in [4.78, 5) is 12.2. The highest BCUT2D eigenvalue weighted by atomic mass is 79.9. The molecule has 2 aromatic carbocycles. The zero-order valence-corrected chi connectivity index (χ0v) is 12.0. The van der Waals surface area contributed by atoms with E-state index in [0.29, 0.717) is 5.56 Å². The van der Waals surface area contributed by atoms with E-state index < -0.39 is 11.7 Å². The van der Waals surface area contributed by atoms with Crippen LogP contribution < -0.4 is 0 Å². The molecule has 0 bridgehead atoms. The van der Waals surface area contributed by atoms with Crippen molar-refractivity contribution in [3.05, 3.63) is 69.2 Å². The number of carbonyl (C=O) groups is 1. The van der Waals surface area contributed by atoms with Gasteiger partial charge >= 0.3 is 6.18 Å². The van der Waals surface area contributed by atoms with Crippen LogP contribution in [0.25, 0.3) is 0 Å². The van der Waals surface area contributed by atoms with Gasteiger partial charge in [-0.25, -0.2) is 0 Å². The molecule has 0 aliphatic heterocycles. The highest BCUT2D eigenvalue weighted by molar-refractivity contribution is 9.10. The molecule has 0 radical (unpaired) electrons. The summed E-state index contributed by atoms with van der Waals surface area (Å²) >= 11 is 3.29. The second-order valence-corrected chi connectivity index (χ2v) is 5.34. The molecule has 20 heavy (non-hydrogen) atoms. The molecule has 2 aromatic rings. The standard InChI is InChI=1S/C15H10BrF3O/c1-9-6-11(8-13(16)7-9)14(20)10-2-4-12(5-3-10)15(17,18)19/h2-8H,1H3. The SMILES string of the molecule is Cc1cc(Br)cc(C(=O)c2ccc(C(F)(F)F)cc2)c1. The summed E-state index contributed by atoms with van der Waals surface area (Å²) < 4.78 is 38.1. The number of hydrogen-bond donors (Lipinski definition) is 0. The van der Waals surface area contributed by atoms with Crippen molar-refractivity contribution in [1.29, 1.82) is 0 Å². The molecule has 0 heterocycles. The van der Waals surface area contributed by atoms with Gasteiger partial charge in [-0.3, -0.25) is 4.79 Å². The van der Waals surface area contributed by atoms with E-state index in [-0.39, 0.29) is 11.3 Å². The fourth-order valence-electron chi connectivity index (χ4n) is 1.84. The lowest BCUT2D eigenvalue weighted by atomic mass is 10.0. The van der Waals surface area contributed by atoms with Crippen molar-refractivity contribution in [2.75, 3.05) is 0 Å². The molecule has 0 aromatic heterocycles. The van der Waals surface area contributed by atoms with Crippen LogP contribution in [0.4, 0.5) is 13.2 Å². The van der Waals surface area contributed by atoms with Crippen molar-refractivity contribution in [2.24, 2.45) is 0 Å². The lowest BCUT2D eigenvalue weighted by Gasteiger charge is -2.08. The maximum Gasteiger partial charge on any atom is 0.416 e. The summed E-state index contributed by atoms with van der Waals surface area (Å²) in [5.74, 6) is -0.303. The van der Waals surface area contributed by atoms with Gasteiger partial charge in [0.2, 0.25) is 0 Å². The first-order chi connectivity index (χ1) is 9.27. The predicted molar refractivity (Wildman–Crippen MR) is 73.8 cm³/mol. The predicted octanol–water partition coefficient (Wildman–Crippen LogP) is 5.01. The molecule has 104 valence electrons. The van der Waals surface area contributed by atoms with E-state index in [2.05, 4.69) is 15.9 Å². The second kappa shape index (κ2) is 5.40. The van der Waals surface area contributed by atoms with Crippen LogP contribution in [0.2, 0.25) is 0 Å². The van der Waals surface area contributed by atoms with Gasteiger partial charge in [0.1, 0.15) is 0 Å². The number of alkyl halides is 3. The molecule has 0 atom stereocenters. The third-order valence-electron chi connectivity index (χ3n) is 2.78.